The normalized spacial score (nSPS) is 11.1. The molecule has 2 rings (SSSR count). The Morgan fingerprint density at radius 1 is 1.35 bits per heavy atom. The van der Waals surface area contributed by atoms with Crippen LogP contribution in [0.25, 0.3) is 10.9 Å². The van der Waals surface area contributed by atoms with Crippen molar-refractivity contribution >= 4 is 16.7 Å². The number of ether oxygens (including phenoxy) is 1. The lowest BCUT2D eigenvalue weighted by molar-refractivity contribution is 0.101. The predicted molar refractivity (Wildman–Crippen MR) is 68.7 cm³/mol. The van der Waals surface area contributed by atoms with Crippen LogP contribution in [-0.2, 0) is 7.05 Å². The van der Waals surface area contributed by atoms with Crippen LogP contribution in [0.15, 0.2) is 24.4 Å². The fraction of sp³-hybridized carbons (Fsp3) is 0.357. The molecule has 0 N–H and O–H groups in total. The van der Waals surface area contributed by atoms with Crippen LogP contribution in [0.2, 0.25) is 0 Å². The third kappa shape index (κ3) is 2.18. The molecular formula is C14H17NO2. The molecule has 0 saturated heterocycles. The maximum atomic E-state index is 11.5. The summed E-state index contributed by atoms with van der Waals surface area (Å²) in [5.74, 6) is 0.928. The van der Waals surface area contributed by atoms with E-state index in [1.807, 2.05) is 49.9 Å². The smallest absolute Gasteiger partial charge is 0.161 e. The van der Waals surface area contributed by atoms with Crippen molar-refractivity contribution in [3.8, 4) is 5.75 Å². The maximum Gasteiger partial charge on any atom is 0.161 e. The lowest BCUT2D eigenvalue weighted by Gasteiger charge is -2.09. The van der Waals surface area contributed by atoms with Gasteiger partial charge in [0.05, 0.1) is 11.6 Å². The third-order valence-electron chi connectivity index (χ3n) is 2.71. The molecule has 0 bridgehead atoms. The van der Waals surface area contributed by atoms with Gasteiger partial charge >= 0.3 is 0 Å². The molecule has 90 valence electrons. The predicted octanol–water partition coefficient (Wildman–Crippen LogP) is 3.17. The zero-order valence-electron chi connectivity index (χ0n) is 10.7. The molecule has 2 aromatic rings. The molecule has 0 radical (unpaired) electrons. The van der Waals surface area contributed by atoms with Gasteiger partial charge in [-0.25, -0.2) is 0 Å². The van der Waals surface area contributed by atoms with Gasteiger partial charge in [0.25, 0.3) is 0 Å². The molecule has 0 aliphatic rings. The van der Waals surface area contributed by atoms with Crippen LogP contribution in [0, 0.1) is 0 Å². The second-order valence-corrected chi connectivity index (χ2v) is 4.56. The lowest BCUT2D eigenvalue weighted by atomic mass is 10.1. The van der Waals surface area contributed by atoms with Crippen molar-refractivity contribution in [2.24, 2.45) is 7.05 Å². The van der Waals surface area contributed by atoms with E-state index in [1.165, 1.54) is 0 Å². The Balaban J connectivity index is 2.55. The fourth-order valence-corrected chi connectivity index (χ4v) is 1.99. The highest BCUT2D eigenvalue weighted by atomic mass is 16.5. The molecule has 0 amide bonds. The number of carbonyl (C=O) groups is 1. The maximum absolute atomic E-state index is 11.5. The zero-order valence-corrected chi connectivity index (χ0v) is 10.7. The molecule has 0 unspecified atom stereocenters. The summed E-state index contributed by atoms with van der Waals surface area (Å²) in [4.78, 5) is 11.5. The number of ketones is 1. The van der Waals surface area contributed by atoms with E-state index in [-0.39, 0.29) is 11.9 Å². The monoisotopic (exact) mass is 231 g/mol. The molecule has 0 spiro atoms. The van der Waals surface area contributed by atoms with E-state index in [4.69, 9.17) is 4.74 Å². The second-order valence-electron chi connectivity index (χ2n) is 4.56. The topological polar surface area (TPSA) is 31.2 Å². The molecule has 0 atom stereocenters. The summed E-state index contributed by atoms with van der Waals surface area (Å²) in [5.41, 5.74) is 1.78. The Kier molecular flexibility index (Phi) is 2.92. The van der Waals surface area contributed by atoms with Crippen molar-refractivity contribution in [3.63, 3.8) is 0 Å². The van der Waals surface area contributed by atoms with Crippen LogP contribution in [0.3, 0.4) is 0 Å². The number of aryl methyl sites for hydroxylation is 1. The number of benzene rings is 1. The van der Waals surface area contributed by atoms with Crippen molar-refractivity contribution in [2.75, 3.05) is 0 Å². The second kappa shape index (κ2) is 4.24. The molecule has 0 fully saturated rings. The van der Waals surface area contributed by atoms with E-state index < -0.39 is 0 Å². The van der Waals surface area contributed by atoms with Gasteiger partial charge < -0.3 is 9.30 Å². The number of nitrogens with zero attached hydrogens (tertiary/aromatic N) is 1. The fourth-order valence-electron chi connectivity index (χ4n) is 1.99. The number of hydrogen-bond acceptors (Lipinski definition) is 2. The van der Waals surface area contributed by atoms with Gasteiger partial charge in [-0.3, -0.25) is 4.79 Å². The Bertz CT molecular complexity index is 567. The SMILES string of the molecule is CC(=O)c1cn(C)c2cc(OC(C)C)ccc12. The first kappa shape index (κ1) is 11.7. The quantitative estimate of drug-likeness (QED) is 0.760. The molecule has 17 heavy (non-hydrogen) atoms. The van der Waals surface area contributed by atoms with Gasteiger partial charge in [-0.15, -0.1) is 0 Å². The van der Waals surface area contributed by atoms with Gasteiger partial charge in [0.2, 0.25) is 0 Å². The van der Waals surface area contributed by atoms with Gasteiger partial charge in [0.1, 0.15) is 5.75 Å². The van der Waals surface area contributed by atoms with E-state index in [9.17, 15) is 4.79 Å². The Morgan fingerprint density at radius 2 is 2.06 bits per heavy atom. The molecule has 3 heteroatoms. The summed E-state index contributed by atoms with van der Waals surface area (Å²) in [5, 5.41) is 0.983. The van der Waals surface area contributed by atoms with E-state index >= 15 is 0 Å². The van der Waals surface area contributed by atoms with Gasteiger partial charge in [0.15, 0.2) is 5.78 Å². The average Bonchev–Trinajstić information content (AvgIpc) is 2.55. The minimum Gasteiger partial charge on any atom is -0.491 e. The van der Waals surface area contributed by atoms with Crippen molar-refractivity contribution < 1.29 is 9.53 Å². The summed E-state index contributed by atoms with van der Waals surface area (Å²) in [6.45, 7) is 5.58. The molecular weight excluding hydrogens is 214 g/mol. The van der Waals surface area contributed by atoms with Gasteiger partial charge in [-0.05, 0) is 32.9 Å². The van der Waals surface area contributed by atoms with E-state index in [1.54, 1.807) is 6.92 Å². The van der Waals surface area contributed by atoms with Crippen molar-refractivity contribution in [3.05, 3.63) is 30.0 Å². The summed E-state index contributed by atoms with van der Waals surface area (Å²) >= 11 is 0. The highest BCUT2D eigenvalue weighted by Crippen LogP contribution is 2.26. The van der Waals surface area contributed by atoms with Crippen LogP contribution < -0.4 is 4.74 Å². The first-order valence-corrected chi connectivity index (χ1v) is 5.75. The van der Waals surface area contributed by atoms with Crippen molar-refractivity contribution in [1.82, 2.24) is 4.57 Å². The number of rotatable bonds is 3. The molecule has 0 aliphatic carbocycles. The molecule has 1 aromatic carbocycles. The summed E-state index contributed by atoms with van der Waals surface area (Å²) in [7, 11) is 1.94. The van der Waals surface area contributed by atoms with Crippen LogP contribution in [0.1, 0.15) is 31.1 Å². The Hall–Kier alpha value is -1.77. The number of carbonyl (C=O) groups excluding carboxylic acids is 1. The average molecular weight is 231 g/mol. The first-order chi connectivity index (χ1) is 7.99. The standard InChI is InChI=1S/C14H17NO2/c1-9(2)17-11-5-6-12-13(10(3)16)8-15(4)14(12)7-11/h5-9H,1-4H3. The number of fused-ring (bicyclic) bond motifs is 1. The van der Waals surface area contributed by atoms with Crippen LogP contribution in [0.4, 0.5) is 0 Å². The summed E-state index contributed by atoms with van der Waals surface area (Å²) < 4.78 is 7.61. The number of Topliss-reactive ketones (excluding diaryl/α,β-unsaturated/α-hetero) is 1. The van der Waals surface area contributed by atoms with Crippen molar-refractivity contribution in [2.45, 2.75) is 26.9 Å². The number of aromatic nitrogens is 1. The minimum atomic E-state index is 0.0909. The van der Waals surface area contributed by atoms with Crippen LogP contribution >= 0.6 is 0 Å². The van der Waals surface area contributed by atoms with E-state index in [0.29, 0.717) is 0 Å². The molecule has 1 aromatic heterocycles. The molecule has 0 saturated carbocycles. The van der Waals surface area contributed by atoms with Gasteiger partial charge in [0, 0.05) is 30.3 Å². The van der Waals surface area contributed by atoms with Crippen molar-refractivity contribution in [1.29, 1.82) is 0 Å². The largest absolute Gasteiger partial charge is 0.491 e. The van der Waals surface area contributed by atoms with E-state index in [2.05, 4.69) is 0 Å². The third-order valence-corrected chi connectivity index (χ3v) is 2.71. The minimum absolute atomic E-state index is 0.0909. The zero-order chi connectivity index (χ0) is 12.6. The highest BCUT2D eigenvalue weighted by molar-refractivity contribution is 6.07. The lowest BCUT2D eigenvalue weighted by Crippen LogP contribution is -2.05. The first-order valence-electron chi connectivity index (χ1n) is 5.75. The Labute approximate surface area is 101 Å². The summed E-state index contributed by atoms with van der Waals surface area (Å²) in [6.07, 6.45) is 2.02. The number of hydrogen-bond donors (Lipinski definition) is 0. The molecule has 3 nitrogen and oxygen atoms in total. The van der Waals surface area contributed by atoms with Crippen LogP contribution in [0.5, 0.6) is 5.75 Å². The summed E-state index contributed by atoms with van der Waals surface area (Å²) in [6, 6.07) is 5.83. The molecule has 1 heterocycles. The highest BCUT2D eigenvalue weighted by Gasteiger charge is 2.11. The van der Waals surface area contributed by atoms with Gasteiger partial charge in [-0.2, -0.15) is 0 Å². The molecule has 0 aliphatic heterocycles. The van der Waals surface area contributed by atoms with E-state index in [0.717, 1.165) is 22.2 Å². The van der Waals surface area contributed by atoms with Gasteiger partial charge in [-0.1, -0.05) is 0 Å². The van der Waals surface area contributed by atoms with Crippen LogP contribution in [-0.4, -0.2) is 16.5 Å². The Morgan fingerprint density at radius 3 is 2.65 bits per heavy atom.